The molecule has 0 saturated heterocycles. The van der Waals surface area contributed by atoms with Crippen molar-refractivity contribution in [2.45, 2.75) is 20.5 Å². The van der Waals surface area contributed by atoms with Crippen LogP contribution in [0, 0.1) is 25.5 Å². The SMILES string of the molecule is Cc1ccc(-n2nnc(C(=O)OCc3cccc(F)c3)c2C)cc1F. The van der Waals surface area contributed by atoms with Crippen LogP contribution in [0.1, 0.15) is 27.3 Å². The van der Waals surface area contributed by atoms with E-state index in [1.54, 1.807) is 32.0 Å². The van der Waals surface area contributed by atoms with Gasteiger partial charge >= 0.3 is 5.97 Å². The van der Waals surface area contributed by atoms with Gasteiger partial charge in [-0.15, -0.1) is 5.10 Å². The number of ether oxygens (including phenoxy) is 1. The van der Waals surface area contributed by atoms with E-state index in [-0.39, 0.29) is 18.1 Å². The van der Waals surface area contributed by atoms with Crippen molar-refractivity contribution >= 4 is 5.97 Å². The van der Waals surface area contributed by atoms with Gasteiger partial charge in [0.05, 0.1) is 11.4 Å². The largest absolute Gasteiger partial charge is 0.456 e. The second kappa shape index (κ2) is 6.80. The fourth-order valence-corrected chi connectivity index (χ4v) is 2.32. The minimum atomic E-state index is -0.680. The normalized spacial score (nSPS) is 10.7. The van der Waals surface area contributed by atoms with Gasteiger partial charge in [-0.2, -0.15) is 0 Å². The Labute approximate surface area is 142 Å². The lowest BCUT2D eigenvalue weighted by molar-refractivity contribution is 0.0464. The standard InChI is InChI=1S/C18H15F2N3O2/c1-11-6-7-15(9-16(11)20)23-12(2)17(21-22-23)18(24)25-10-13-4-3-5-14(19)8-13/h3-9H,10H2,1-2H3. The fraction of sp³-hybridized carbons (Fsp3) is 0.167. The van der Waals surface area contributed by atoms with Crippen LogP contribution in [0.25, 0.3) is 5.69 Å². The molecule has 0 unspecified atom stereocenters. The van der Waals surface area contributed by atoms with Crippen LogP contribution < -0.4 is 0 Å². The molecule has 7 heteroatoms. The van der Waals surface area contributed by atoms with Crippen molar-refractivity contribution in [1.29, 1.82) is 0 Å². The monoisotopic (exact) mass is 343 g/mol. The maximum atomic E-state index is 13.7. The number of aryl methyl sites for hydroxylation is 1. The topological polar surface area (TPSA) is 57.0 Å². The van der Waals surface area contributed by atoms with Crippen LogP contribution in [-0.4, -0.2) is 21.0 Å². The molecule has 0 aliphatic heterocycles. The molecule has 3 rings (SSSR count). The van der Waals surface area contributed by atoms with Crippen LogP contribution in [0.4, 0.5) is 8.78 Å². The van der Waals surface area contributed by atoms with E-state index >= 15 is 0 Å². The Balaban J connectivity index is 1.78. The molecule has 0 atom stereocenters. The number of esters is 1. The van der Waals surface area contributed by atoms with Crippen molar-refractivity contribution in [1.82, 2.24) is 15.0 Å². The van der Waals surface area contributed by atoms with E-state index in [2.05, 4.69) is 10.3 Å². The van der Waals surface area contributed by atoms with Crippen molar-refractivity contribution in [3.8, 4) is 5.69 Å². The first-order chi connectivity index (χ1) is 12.0. The third-order valence-electron chi connectivity index (χ3n) is 3.75. The molecule has 3 aromatic rings. The van der Waals surface area contributed by atoms with Crippen molar-refractivity contribution in [2.24, 2.45) is 0 Å². The molecular formula is C18H15F2N3O2. The highest BCUT2D eigenvalue weighted by Crippen LogP contribution is 2.17. The van der Waals surface area contributed by atoms with Crippen LogP contribution in [0.3, 0.4) is 0 Å². The molecule has 0 aliphatic rings. The number of hydrogen-bond acceptors (Lipinski definition) is 4. The molecule has 0 N–H and O–H groups in total. The van der Waals surface area contributed by atoms with Crippen LogP contribution in [-0.2, 0) is 11.3 Å². The number of benzene rings is 2. The van der Waals surface area contributed by atoms with E-state index in [9.17, 15) is 13.6 Å². The Morgan fingerprint density at radius 3 is 2.68 bits per heavy atom. The molecule has 0 amide bonds. The minimum absolute atomic E-state index is 0.0254. The third kappa shape index (κ3) is 3.55. The summed E-state index contributed by atoms with van der Waals surface area (Å²) in [6, 6.07) is 10.4. The highest BCUT2D eigenvalue weighted by Gasteiger charge is 2.19. The summed E-state index contributed by atoms with van der Waals surface area (Å²) in [5.41, 5.74) is 1.94. The molecular weight excluding hydrogens is 328 g/mol. The number of carbonyl (C=O) groups excluding carboxylic acids is 1. The maximum absolute atomic E-state index is 13.7. The Morgan fingerprint density at radius 1 is 1.16 bits per heavy atom. The Kier molecular flexibility index (Phi) is 4.56. The molecule has 0 aliphatic carbocycles. The lowest BCUT2D eigenvalue weighted by Gasteiger charge is -2.06. The summed E-state index contributed by atoms with van der Waals surface area (Å²) in [6.45, 7) is 3.21. The van der Waals surface area contributed by atoms with Crippen LogP contribution in [0.2, 0.25) is 0 Å². The van der Waals surface area contributed by atoms with Crippen LogP contribution in [0.15, 0.2) is 42.5 Å². The Bertz CT molecular complexity index is 938. The van der Waals surface area contributed by atoms with Crippen molar-refractivity contribution in [3.63, 3.8) is 0 Å². The molecule has 0 fully saturated rings. The van der Waals surface area contributed by atoms with Gasteiger partial charge in [-0.3, -0.25) is 0 Å². The molecule has 0 radical (unpaired) electrons. The fourth-order valence-electron chi connectivity index (χ4n) is 2.32. The summed E-state index contributed by atoms with van der Waals surface area (Å²) in [6.07, 6.45) is 0. The highest BCUT2D eigenvalue weighted by atomic mass is 19.1. The van der Waals surface area contributed by atoms with Gasteiger partial charge in [0.15, 0.2) is 5.69 Å². The molecule has 25 heavy (non-hydrogen) atoms. The Morgan fingerprint density at radius 2 is 1.96 bits per heavy atom. The van der Waals surface area contributed by atoms with Gasteiger partial charge in [-0.1, -0.05) is 23.4 Å². The summed E-state index contributed by atoms with van der Waals surface area (Å²) in [4.78, 5) is 12.2. The maximum Gasteiger partial charge on any atom is 0.361 e. The Hall–Kier alpha value is -3.09. The zero-order valence-corrected chi connectivity index (χ0v) is 13.7. The number of carbonyl (C=O) groups is 1. The minimum Gasteiger partial charge on any atom is -0.456 e. The van der Waals surface area contributed by atoms with Gasteiger partial charge in [0, 0.05) is 0 Å². The third-order valence-corrected chi connectivity index (χ3v) is 3.75. The van der Waals surface area contributed by atoms with E-state index in [0.717, 1.165) is 0 Å². The summed E-state index contributed by atoms with van der Waals surface area (Å²) < 4.78 is 33.4. The van der Waals surface area contributed by atoms with Crippen molar-refractivity contribution in [3.05, 3.63) is 76.6 Å². The smallest absolute Gasteiger partial charge is 0.361 e. The van der Waals surface area contributed by atoms with Crippen molar-refractivity contribution in [2.75, 3.05) is 0 Å². The molecule has 128 valence electrons. The molecule has 1 aromatic heterocycles. The van der Waals surface area contributed by atoms with E-state index in [0.29, 0.717) is 22.5 Å². The zero-order chi connectivity index (χ0) is 18.0. The van der Waals surface area contributed by atoms with Gasteiger partial charge in [0.2, 0.25) is 0 Å². The second-order valence-electron chi connectivity index (χ2n) is 5.57. The van der Waals surface area contributed by atoms with E-state index in [1.807, 2.05) is 0 Å². The summed E-state index contributed by atoms with van der Waals surface area (Å²) in [7, 11) is 0. The quantitative estimate of drug-likeness (QED) is 0.680. The number of halogens is 2. The van der Waals surface area contributed by atoms with Gasteiger partial charge in [-0.25, -0.2) is 18.3 Å². The summed E-state index contributed by atoms with van der Waals surface area (Å²) in [5, 5.41) is 7.70. The van der Waals surface area contributed by atoms with E-state index in [4.69, 9.17) is 4.74 Å². The predicted octanol–water partition coefficient (Wildman–Crippen LogP) is 3.52. The molecule has 1 heterocycles. The lowest BCUT2D eigenvalue weighted by atomic mass is 10.2. The first-order valence-electron chi connectivity index (χ1n) is 7.56. The van der Waals surface area contributed by atoms with E-state index in [1.165, 1.54) is 28.9 Å². The van der Waals surface area contributed by atoms with Gasteiger partial charge < -0.3 is 4.74 Å². The van der Waals surface area contributed by atoms with Crippen LogP contribution in [0.5, 0.6) is 0 Å². The first kappa shape index (κ1) is 16.8. The van der Waals surface area contributed by atoms with Gasteiger partial charge in [-0.05, 0) is 49.2 Å². The second-order valence-corrected chi connectivity index (χ2v) is 5.57. The average Bonchev–Trinajstić information content (AvgIpc) is 2.97. The van der Waals surface area contributed by atoms with E-state index < -0.39 is 11.8 Å². The lowest BCUT2D eigenvalue weighted by Crippen LogP contribution is -2.08. The summed E-state index contributed by atoms with van der Waals surface area (Å²) in [5.74, 6) is -1.46. The number of aromatic nitrogens is 3. The average molecular weight is 343 g/mol. The first-order valence-corrected chi connectivity index (χ1v) is 7.56. The predicted molar refractivity (Wildman–Crippen MR) is 86.3 cm³/mol. The van der Waals surface area contributed by atoms with Crippen molar-refractivity contribution < 1.29 is 18.3 Å². The molecule has 0 spiro atoms. The summed E-state index contributed by atoms with van der Waals surface area (Å²) >= 11 is 0. The number of nitrogens with zero attached hydrogens (tertiary/aromatic N) is 3. The van der Waals surface area contributed by atoms with Gasteiger partial charge in [0.25, 0.3) is 0 Å². The number of rotatable bonds is 4. The molecule has 2 aromatic carbocycles. The molecule has 0 saturated carbocycles. The molecule has 5 nitrogen and oxygen atoms in total. The van der Waals surface area contributed by atoms with Gasteiger partial charge in [0.1, 0.15) is 18.2 Å². The highest BCUT2D eigenvalue weighted by molar-refractivity contribution is 5.88. The van der Waals surface area contributed by atoms with Crippen LogP contribution >= 0.6 is 0 Å². The number of hydrogen-bond donors (Lipinski definition) is 0. The zero-order valence-electron chi connectivity index (χ0n) is 13.7. The molecule has 0 bridgehead atoms.